The quantitative estimate of drug-likeness (QED) is 0.829. The molecule has 1 aromatic carbocycles. The minimum atomic E-state index is -3.80. The normalized spacial score (nSPS) is 11.2. The lowest BCUT2D eigenvalue weighted by atomic mass is 10.3. The SMILES string of the molecule is COc1ccc(S(=O)(=O)Nc2nc(C)cc(C)n2)cc1N. The van der Waals surface area contributed by atoms with Gasteiger partial charge in [0.2, 0.25) is 5.95 Å². The molecule has 1 heterocycles. The van der Waals surface area contributed by atoms with Crippen molar-refractivity contribution >= 4 is 21.7 Å². The van der Waals surface area contributed by atoms with Crippen molar-refractivity contribution in [2.24, 2.45) is 0 Å². The third kappa shape index (κ3) is 3.40. The highest BCUT2D eigenvalue weighted by Crippen LogP contribution is 2.25. The Morgan fingerprint density at radius 2 is 1.76 bits per heavy atom. The van der Waals surface area contributed by atoms with Crippen LogP contribution in [0.25, 0.3) is 0 Å². The van der Waals surface area contributed by atoms with Gasteiger partial charge < -0.3 is 10.5 Å². The fourth-order valence-corrected chi connectivity index (χ4v) is 2.81. The molecule has 2 aromatic rings. The fourth-order valence-electron chi connectivity index (χ4n) is 1.83. The monoisotopic (exact) mass is 308 g/mol. The first-order chi connectivity index (χ1) is 9.81. The molecular formula is C13H16N4O3S. The number of hydrogen-bond donors (Lipinski definition) is 2. The summed E-state index contributed by atoms with van der Waals surface area (Å²) in [5.41, 5.74) is 7.31. The van der Waals surface area contributed by atoms with Gasteiger partial charge in [0.05, 0.1) is 17.7 Å². The first-order valence-electron chi connectivity index (χ1n) is 6.10. The molecule has 0 atom stereocenters. The van der Waals surface area contributed by atoms with E-state index in [9.17, 15) is 8.42 Å². The van der Waals surface area contributed by atoms with E-state index in [0.29, 0.717) is 17.1 Å². The van der Waals surface area contributed by atoms with Gasteiger partial charge in [0, 0.05) is 11.4 Å². The van der Waals surface area contributed by atoms with Gasteiger partial charge in [0.25, 0.3) is 10.0 Å². The number of nitrogen functional groups attached to an aromatic ring is 1. The molecule has 112 valence electrons. The summed E-state index contributed by atoms with van der Waals surface area (Å²) in [5, 5.41) is 0. The third-order valence-electron chi connectivity index (χ3n) is 2.72. The van der Waals surface area contributed by atoms with Gasteiger partial charge in [-0.05, 0) is 38.1 Å². The Morgan fingerprint density at radius 3 is 2.29 bits per heavy atom. The van der Waals surface area contributed by atoms with Gasteiger partial charge in [-0.25, -0.2) is 23.1 Å². The summed E-state index contributed by atoms with van der Waals surface area (Å²) in [6, 6.07) is 5.97. The number of benzene rings is 1. The summed E-state index contributed by atoms with van der Waals surface area (Å²) in [4.78, 5) is 8.10. The van der Waals surface area contributed by atoms with Gasteiger partial charge in [0.1, 0.15) is 5.75 Å². The van der Waals surface area contributed by atoms with Crippen LogP contribution < -0.4 is 15.2 Å². The lowest BCUT2D eigenvalue weighted by Gasteiger charge is -2.10. The molecule has 21 heavy (non-hydrogen) atoms. The van der Waals surface area contributed by atoms with E-state index in [0.717, 1.165) is 0 Å². The van der Waals surface area contributed by atoms with Crippen LogP contribution >= 0.6 is 0 Å². The molecule has 0 saturated heterocycles. The van der Waals surface area contributed by atoms with Crippen LogP contribution in [0.3, 0.4) is 0 Å². The molecule has 0 spiro atoms. The lowest BCUT2D eigenvalue weighted by molar-refractivity contribution is 0.416. The van der Waals surface area contributed by atoms with Crippen LogP contribution in [0.15, 0.2) is 29.2 Å². The number of ether oxygens (including phenoxy) is 1. The Kier molecular flexibility index (Phi) is 3.99. The molecule has 0 radical (unpaired) electrons. The Hall–Kier alpha value is -2.35. The van der Waals surface area contributed by atoms with Crippen LogP contribution in [0, 0.1) is 13.8 Å². The Bertz CT molecular complexity index is 755. The van der Waals surface area contributed by atoms with E-state index in [2.05, 4.69) is 14.7 Å². The maximum absolute atomic E-state index is 12.3. The van der Waals surface area contributed by atoms with Gasteiger partial charge in [-0.1, -0.05) is 0 Å². The second-order valence-electron chi connectivity index (χ2n) is 4.48. The number of aromatic nitrogens is 2. The zero-order valence-corrected chi connectivity index (χ0v) is 12.7. The zero-order valence-electron chi connectivity index (χ0n) is 11.9. The summed E-state index contributed by atoms with van der Waals surface area (Å²) in [5.74, 6) is 0.443. The van der Waals surface area contributed by atoms with Crippen molar-refractivity contribution in [1.82, 2.24) is 9.97 Å². The molecule has 0 aliphatic heterocycles. The van der Waals surface area contributed by atoms with Crippen LogP contribution in [0.4, 0.5) is 11.6 Å². The van der Waals surface area contributed by atoms with Gasteiger partial charge in [-0.3, -0.25) is 0 Å². The first-order valence-corrected chi connectivity index (χ1v) is 7.59. The summed E-state index contributed by atoms with van der Waals surface area (Å²) >= 11 is 0. The van der Waals surface area contributed by atoms with Crippen LogP contribution in [0.5, 0.6) is 5.75 Å². The molecule has 0 saturated carbocycles. The van der Waals surface area contributed by atoms with Gasteiger partial charge >= 0.3 is 0 Å². The molecule has 0 unspecified atom stereocenters. The van der Waals surface area contributed by atoms with Gasteiger partial charge in [-0.2, -0.15) is 0 Å². The molecule has 0 amide bonds. The minimum absolute atomic E-state index is 0.0172. The predicted molar refractivity (Wildman–Crippen MR) is 79.7 cm³/mol. The number of nitrogens with one attached hydrogen (secondary N) is 1. The average Bonchev–Trinajstić information content (AvgIpc) is 2.36. The molecule has 2 rings (SSSR count). The average molecular weight is 308 g/mol. The van der Waals surface area contributed by atoms with Crippen LogP contribution in [-0.4, -0.2) is 25.5 Å². The van der Waals surface area contributed by atoms with E-state index in [1.54, 1.807) is 19.9 Å². The van der Waals surface area contributed by atoms with E-state index < -0.39 is 10.0 Å². The van der Waals surface area contributed by atoms with Gasteiger partial charge in [0.15, 0.2) is 0 Å². The second-order valence-corrected chi connectivity index (χ2v) is 6.17. The molecular weight excluding hydrogens is 292 g/mol. The number of nitrogens with two attached hydrogens (primary N) is 1. The van der Waals surface area contributed by atoms with Crippen molar-refractivity contribution < 1.29 is 13.2 Å². The molecule has 0 bridgehead atoms. The minimum Gasteiger partial charge on any atom is -0.495 e. The van der Waals surface area contributed by atoms with Gasteiger partial charge in [-0.15, -0.1) is 0 Å². The first kappa shape index (κ1) is 15.0. The second kappa shape index (κ2) is 5.57. The van der Waals surface area contributed by atoms with E-state index in [1.807, 2.05) is 0 Å². The molecule has 0 aliphatic carbocycles. The Labute approximate surface area is 123 Å². The molecule has 3 N–H and O–H groups in total. The van der Waals surface area contributed by atoms with Crippen molar-refractivity contribution in [2.45, 2.75) is 18.7 Å². The summed E-state index contributed by atoms with van der Waals surface area (Å²) in [6.07, 6.45) is 0. The number of anilines is 2. The van der Waals surface area contributed by atoms with Crippen molar-refractivity contribution in [3.63, 3.8) is 0 Å². The summed E-state index contributed by atoms with van der Waals surface area (Å²) < 4.78 is 31.9. The zero-order chi connectivity index (χ0) is 15.6. The highest BCUT2D eigenvalue weighted by molar-refractivity contribution is 7.92. The molecule has 0 fully saturated rings. The largest absolute Gasteiger partial charge is 0.495 e. The predicted octanol–water partition coefficient (Wildman–Crippen LogP) is 1.49. The van der Waals surface area contributed by atoms with E-state index >= 15 is 0 Å². The topological polar surface area (TPSA) is 107 Å². The van der Waals surface area contributed by atoms with Crippen molar-refractivity contribution in [3.05, 3.63) is 35.7 Å². The van der Waals surface area contributed by atoms with Crippen LogP contribution in [0.1, 0.15) is 11.4 Å². The smallest absolute Gasteiger partial charge is 0.264 e. The summed E-state index contributed by atoms with van der Waals surface area (Å²) in [7, 11) is -2.35. The van der Waals surface area contributed by atoms with E-state index in [-0.39, 0.29) is 16.5 Å². The molecule has 1 aromatic heterocycles. The number of rotatable bonds is 4. The summed E-state index contributed by atoms with van der Waals surface area (Å²) in [6.45, 7) is 3.52. The maximum Gasteiger partial charge on any atom is 0.264 e. The van der Waals surface area contributed by atoms with Crippen molar-refractivity contribution in [1.29, 1.82) is 0 Å². The molecule has 7 nitrogen and oxygen atoms in total. The van der Waals surface area contributed by atoms with Crippen LogP contribution in [0.2, 0.25) is 0 Å². The van der Waals surface area contributed by atoms with E-state index in [1.165, 1.54) is 25.3 Å². The highest BCUT2D eigenvalue weighted by atomic mass is 32.2. The Morgan fingerprint density at radius 1 is 1.14 bits per heavy atom. The highest BCUT2D eigenvalue weighted by Gasteiger charge is 2.17. The Balaban J connectivity index is 2.36. The number of sulfonamides is 1. The number of aryl methyl sites for hydroxylation is 2. The van der Waals surface area contributed by atoms with Crippen LogP contribution in [-0.2, 0) is 10.0 Å². The maximum atomic E-state index is 12.3. The number of methoxy groups -OCH3 is 1. The standard InChI is InChI=1S/C13H16N4O3S/c1-8-6-9(2)16-13(15-8)17-21(18,19)10-4-5-12(20-3)11(14)7-10/h4-7H,14H2,1-3H3,(H,15,16,17). The number of nitrogens with zero attached hydrogens (tertiary/aromatic N) is 2. The lowest BCUT2D eigenvalue weighted by Crippen LogP contribution is -2.16. The van der Waals surface area contributed by atoms with Crippen molar-refractivity contribution in [3.8, 4) is 5.75 Å². The number of hydrogen-bond acceptors (Lipinski definition) is 6. The molecule has 8 heteroatoms. The third-order valence-corrected chi connectivity index (χ3v) is 4.05. The van der Waals surface area contributed by atoms with E-state index in [4.69, 9.17) is 10.5 Å². The van der Waals surface area contributed by atoms with Crippen molar-refractivity contribution in [2.75, 3.05) is 17.6 Å². The fraction of sp³-hybridized carbons (Fsp3) is 0.231. The molecule has 0 aliphatic rings.